The number of carbonyl (C=O) groups excluding carboxylic acids is 2. The van der Waals surface area contributed by atoms with Gasteiger partial charge in [0.2, 0.25) is 12.2 Å². The summed E-state index contributed by atoms with van der Waals surface area (Å²) in [6.45, 7) is -0.0261. The molecule has 0 aliphatic rings. The highest BCUT2D eigenvalue weighted by Gasteiger charge is 2.50. The van der Waals surface area contributed by atoms with Crippen molar-refractivity contribution in [2.45, 2.75) is 31.6 Å². The van der Waals surface area contributed by atoms with Crippen LogP contribution in [0.5, 0.6) is 0 Å². The summed E-state index contributed by atoms with van der Waals surface area (Å²) < 4.78 is 66.3. The van der Waals surface area contributed by atoms with E-state index in [1.807, 2.05) is 30.3 Å². The molecule has 39 heavy (non-hydrogen) atoms. The molecule has 5 N–H and O–H groups in total. The van der Waals surface area contributed by atoms with Gasteiger partial charge in [0.15, 0.2) is 5.96 Å². The Bertz CT molecular complexity index is 1300. The summed E-state index contributed by atoms with van der Waals surface area (Å²) in [5.74, 6) is -6.94. The van der Waals surface area contributed by atoms with E-state index in [0.717, 1.165) is 5.56 Å². The Morgan fingerprint density at radius 2 is 1.54 bits per heavy atom. The lowest BCUT2D eigenvalue weighted by Gasteiger charge is -2.20. The largest absolute Gasteiger partial charge is 0.396 e. The van der Waals surface area contributed by atoms with Crippen LogP contribution in [-0.2, 0) is 11.3 Å². The van der Waals surface area contributed by atoms with Crippen LogP contribution in [0.15, 0.2) is 71.7 Å². The molecule has 0 aliphatic heterocycles. The van der Waals surface area contributed by atoms with Crippen LogP contribution in [0, 0.1) is 0 Å². The van der Waals surface area contributed by atoms with Crippen molar-refractivity contribution in [1.29, 1.82) is 0 Å². The number of benzene rings is 2. The number of hydrogen-bond donors (Lipinski definition) is 4. The Morgan fingerprint density at radius 3 is 2.10 bits per heavy atom. The van der Waals surface area contributed by atoms with Crippen LogP contribution >= 0.6 is 0 Å². The molecule has 13 heteroatoms. The van der Waals surface area contributed by atoms with E-state index >= 15 is 0 Å². The first-order chi connectivity index (χ1) is 18.5. The number of aliphatic hydroxyl groups is 1. The highest BCUT2D eigenvalue weighted by atomic mass is 19.3. The van der Waals surface area contributed by atoms with Crippen molar-refractivity contribution >= 4 is 17.8 Å². The Kier molecular flexibility index (Phi) is 9.77. The molecule has 2 amide bonds. The van der Waals surface area contributed by atoms with Gasteiger partial charge in [-0.2, -0.15) is 8.78 Å². The fraction of sp³-hybridized carbons (Fsp3) is 0.269. The van der Waals surface area contributed by atoms with Crippen LogP contribution in [0.3, 0.4) is 0 Å². The molecule has 0 saturated carbocycles. The normalized spacial score (nSPS) is 12.8. The van der Waals surface area contributed by atoms with E-state index in [-0.39, 0.29) is 31.2 Å². The molecule has 0 bridgehead atoms. The van der Waals surface area contributed by atoms with Crippen molar-refractivity contribution in [3.05, 3.63) is 72.3 Å². The number of nitrogens with two attached hydrogens (primary N) is 1. The maximum Gasteiger partial charge on any atom is 0.355 e. The van der Waals surface area contributed by atoms with Crippen molar-refractivity contribution in [3.63, 3.8) is 0 Å². The number of hydrogen-bond acceptors (Lipinski definition) is 4. The second kappa shape index (κ2) is 13.0. The molecular weight excluding hydrogens is 525 g/mol. The fourth-order valence-electron chi connectivity index (χ4n) is 3.58. The quantitative estimate of drug-likeness (QED) is 0.0957. The third-order valence-corrected chi connectivity index (χ3v) is 5.55. The summed E-state index contributed by atoms with van der Waals surface area (Å²) in [5.41, 5.74) is 8.03. The number of aromatic nitrogens is 1. The Balaban J connectivity index is 1.86. The molecule has 1 unspecified atom stereocenters. The third-order valence-electron chi connectivity index (χ3n) is 5.55. The van der Waals surface area contributed by atoms with Crippen LogP contribution in [0.1, 0.15) is 16.8 Å². The van der Waals surface area contributed by atoms with Crippen LogP contribution in [0.4, 0.5) is 22.0 Å². The number of alkyl halides is 5. The second-order valence-electron chi connectivity index (χ2n) is 8.34. The minimum Gasteiger partial charge on any atom is -0.396 e. The number of aliphatic imine (C=N–C) groups is 1. The van der Waals surface area contributed by atoms with Gasteiger partial charge in [-0.3, -0.25) is 19.9 Å². The van der Waals surface area contributed by atoms with Crippen LogP contribution in [0.2, 0.25) is 0 Å². The van der Waals surface area contributed by atoms with Crippen molar-refractivity contribution in [2.75, 3.05) is 13.2 Å². The first kappa shape index (κ1) is 29.3. The van der Waals surface area contributed by atoms with Crippen molar-refractivity contribution in [2.24, 2.45) is 10.7 Å². The number of rotatable bonds is 11. The first-order valence-corrected chi connectivity index (χ1v) is 11.7. The predicted molar refractivity (Wildman–Crippen MR) is 135 cm³/mol. The number of nitrogens with zero attached hydrogens (tertiary/aromatic N) is 2. The third kappa shape index (κ3) is 7.41. The lowest BCUT2D eigenvalue weighted by Crippen LogP contribution is -2.48. The molecule has 0 aliphatic carbocycles. The molecule has 2 aromatic carbocycles. The number of guanidine groups is 1. The molecule has 8 nitrogen and oxygen atoms in total. The zero-order valence-corrected chi connectivity index (χ0v) is 20.5. The summed E-state index contributed by atoms with van der Waals surface area (Å²) in [4.78, 5) is 28.9. The average Bonchev–Trinajstić information content (AvgIpc) is 3.32. The molecule has 0 spiro atoms. The Labute approximate surface area is 220 Å². The molecular formula is C26H26F5N5O3. The van der Waals surface area contributed by atoms with Crippen LogP contribution in [-0.4, -0.2) is 59.2 Å². The molecule has 1 aromatic heterocycles. The standard InChI is InChI=1S/C26H26F5N5O3/c27-23(28)26(30,31)24(29)35-22(39)18-9-7-17(8-10-18)20-12-11-19(16-5-2-1-3-6-16)36(20)15-21(38)34-25(32)33-13-4-14-37/h1-3,5-12,23-24,37H,4,13-15H2,(H,35,39)(H3,32,33,34,38). The van der Waals surface area contributed by atoms with E-state index < -0.39 is 30.5 Å². The van der Waals surface area contributed by atoms with Gasteiger partial charge >= 0.3 is 12.3 Å². The van der Waals surface area contributed by atoms with Gasteiger partial charge in [-0.15, -0.1) is 0 Å². The van der Waals surface area contributed by atoms with Crippen molar-refractivity contribution < 1.29 is 36.6 Å². The van der Waals surface area contributed by atoms with Gasteiger partial charge in [0.1, 0.15) is 6.54 Å². The van der Waals surface area contributed by atoms with Gasteiger partial charge < -0.3 is 20.7 Å². The highest BCUT2D eigenvalue weighted by Crippen LogP contribution is 2.30. The van der Waals surface area contributed by atoms with Gasteiger partial charge in [0.05, 0.1) is 0 Å². The summed E-state index contributed by atoms with van der Waals surface area (Å²) >= 11 is 0. The minimum absolute atomic E-state index is 0.0745. The van der Waals surface area contributed by atoms with Crippen LogP contribution < -0.4 is 16.4 Å². The van der Waals surface area contributed by atoms with E-state index in [4.69, 9.17) is 10.8 Å². The highest BCUT2D eigenvalue weighted by molar-refractivity contribution is 5.97. The minimum atomic E-state index is -5.04. The van der Waals surface area contributed by atoms with Gasteiger partial charge in [-0.25, -0.2) is 13.2 Å². The number of aliphatic hydroxyl groups excluding tert-OH is 1. The predicted octanol–water partition coefficient (Wildman–Crippen LogP) is 3.56. The monoisotopic (exact) mass is 551 g/mol. The van der Waals surface area contributed by atoms with E-state index in [1.54, 1.807) is 16.7 Å². The number of carbonyl (C=O) groups is 2. The van der Waals surface area contributed by atoms with Gasteiger partial charge in [-0.05, 0) is 41.8 Å². The van der Waals surface area contributed by atoms with Gasteiger partial charge in [0.25, 0.3) is 5.91 Å². The van der Waals surface area contributed by atoms with Crippen LogP contribution in [0.25, 0.3) is 22.5 Å². The molecule has 0 saturated heterocycles. The Morgan fingerprint density at radius 1 is 0.949 bits per heavy atom. The summed E-state index contributed by atoms with van der Waals surface area (Å²) in [6.07, 6.45) is -7.49. The fourth-order valence-corrected chi connectivity index (χ4v) is 3.58. The number of amides is 2. The van der Waals surface area contributed by atoms with E-state index in [1.165, 1.54) is 29.6 Å². The topological polar surface area (TPSA) is 122 Å². The molecule has 1 heterocycles. The maximum atomic E-state index is 13.6. The van der Waals surface area contributed by atoms with E-state index in [0.29, 0.717) is 23.4 Å². The smallest absolute Gasteiger partial charge is 0.355 e. The lowest BCUT2D eigenvalue weighted by molar-refractivity contribution is -0.175. The molecule has 208 valence electrons. The molecule has 3 aromatic rings. The van der Waals surface area contributed by atoms with E-state index in [9.17, 15) is 31.5 Å². The van der Waals surface area contributed by atoms with Crippen molar-refractivity contribution in [3.8, 4) is 22.5 Å². The zero-order valence-electron chi connectivity index (χ0n) is 20.5. The molecule has 1 atom stereocenters. The molecule has 0 fully saturated rings. The van der Waals surface area contributed by atoms with Gasteiger partial charge in [0, 0.05) is 30.1 Å². The maximum absolute atomic E-state index is 13.6. The molecule has 3 rings (SSSR count). The first-order valence-electron chi connectivity index (χ1n) is 11.7. The number of halogens is 5. The Hall–Kier alpha value is -4.26. The average molecular weight is 552 g/mol. The summed E-state index contributed by atoms with van der Waals surface area (Å²) in [6, 6.07) is 18.0. The lowest BCUT2D eigenvalue weighted by atomic mass is 10.1. The summed E-state index contributed by atoms with van der Waals surface area (Å²) in [5, 5.41) is 12.6. The molecule has 0 radical (unpaired) electrons. The SMILES string of the molecule is NC(=NCCCO)NC(=O)Cn1c(-c2ccccc2)ccc1-c1ccc(C(=O)NC(F)C(F)(F)C(F)F)cc1. The number of nitrogens with one attached hydrogen (secondary N) is 2. The zero-order chi connectivity index (χ0) is 28.6. The van der Waals surface area contributed by atoms with Gasteiger partial charge in [-0.1, -0.05) is 42.5 Å². The van der Waals surface area contributed by atoms with E-state index in [2.05, 4.69) is 10.3 Å². The summed E-state index contributed by atoms with van der Waals surface area (Å²) in [7, 11) is 0. The van der Waals surface area contributed by atoms with Crippen molar-refractivity contribution in [1.82, 2.24) is 15.2 Å². The second-order valence-corrected chi connectivity index (χ2v) is 8.34.